The number of carbonyl (C=O) groups excluding carboxylic acids is 2. The van der Waals surface area contributed by atoms with Crippen molar-refractivity contribution in [3.63, 3.8) is 0 Å². The van der Waals surface area contributed by atoms with E-state index in [1.54, 1.807) is 29.6 Å². The highest BCUT2D eigenvalue weighted by molar-refractivity contribution is 7.13. The Bertz CT molecular complexity index is 1690. The van der Waals surface area contributed by atoms with E-state index in [0.717, 1.165) is 0 Å². The highest BCUT2D eigenvalue weighted by atomic mass is 35.5. The van der Waals surface area contributed by atoms with E-state index in [9.17, 15) is 22.8 Å². The number of thiazole rings is 1. The minimum atomic E-state index is -4.86. The largest absolute Gasteiger partial charge is 0.435 e. The summed E-state index contributed by atoms with van der Waals surface area (Å²) in [5.41, 5.74) is -2.02. The first-order valence-corrected chi connectivity index (χ1v) is 12.3. The molecule has 0 aliphatic carbocycles. The number of carbonyl (C=O) groups is 2. The van der Waals surface area contributed by atoms with E-state index in [2.05, 4.69) is 25.7 Å². The summed E-state index contributed by atoms with van der Waals surface area (Å²) < 4.78 is 41.3. The van der Waals surface area contributed by atoms with Crippen molar-refractivity contribution in [2.45, 2.75) is 6.18 Å². The van der Waals surface area contributed by atoms with Crippen LogP contribution >= 0.6 is 34.5 Å². The van der Waals surface area contributed by atoms with Crippen molar-refractivity contribution in [2.24, 2.45) is 0 Å². The number of hydrogen-bond acceptors (Lipinski definition) is 6. The molecule has 2 amide bonds. The molecule has 5 rings (SSSR count). The van der Waals surface area contributed by atoms with Gasteiger partial charge in [0.2, 0.25) is 0 Å². The summed E-state index contributed by atoms with van der Waals surface area (Å²) in [7, 11) is 0. The molecule has 0 aliphatic heterocycles. The Morgan fingerprint density at radius 2 is 1.74 bits per heavy atom. The number of halogens is 5. The molecular weight excluding hydrogens is 564 g/mol. The number of anilines is 2. The fourth-order valence-electron chi connectivity index (χ4n) is 3.61. The van der Waals surface area contributed by atoms with E-state index < -0.39 is 29.4 Å². The number of benzene rings is 2. The van der Waals surface area contributed by atoms with Gasteiger partial charge in [0.05, 0.1) is 21.3 Å². The SMILES string of the molecule is O=C(Nc1nccs1)c1cc2ccccc2c(Cl)c1NC(=O)c1cc(C(F)(F)F)nn1-c1ncccc1Cl. The topological polar surface area (TPSA) is 102 Å². The third-order valence-electron chi connectivity index (χ3n) is 5.29. The molecule has 0 fully saturated rings. The van der Waals surface area contributed by atoms with Crippen LogP contribution in [-0.4, -0.2) is 31.6 Å². The first kappa shape index (κ1) is 25.6. The van der Waals surface area contributed by atoms with Crippen LogP contribution in [0.4, 0.5) is 24.0 Å². The van der Waals surface area contributed by atoms with Gasteiger partial charge in [-0.15, -0.1) is 11.3 Å². The van der Waals surface area contributed by atoms with Crippen molar-refractivity contribution in [1.82, 2.24) is 19.7 Å². The smallest absolute Gasteiger partial charge is 0.319 e. The highest BCUT2D eigenvalue weighted by Crippen LogP contribution is 2.36. The lowest BCUT2D eigenvalue weighted by atomic mass is 10.0. The molecule has 0 radical (unpaired) electrons. The van der Waals surface area contributed by atoms with Crippen molar-refractivity contribution >= 4 is 67.9 Å². The number of rotatable bonds is 5. The van der Waals surface area contributed by atoms with Gasteiger partial charge in [-0.1, -0.05) is 47.5 Å². The minimum absolute atomic E-state index is 0.0127. The molecule has 2 aromatic carbocycles. The Balaban J connectivity index is 1.62. The van der Waals surface area contributed by atoms with E-state index in [1.807, 2.05) is 0 Å². The Hall–Kier alpha value is -4.00. The summed E-state index contributed by atoms with van der Waals surface area (Å²) in [5.74, 6) is -1.86. The fraction of sp³-hybridized carbons (Fsp3) is 0.0417. The van der Waals surface area contributed by atoms with Gasteiger partial charge in [0.15, 0.2) is 16.6 Å². The van der Waals surface area contributed by atoms with Crippen LogP contribution in [-0.2, 0) is 6.18 Å². The van der Waals surface area contributed by atoms with Gasteiger partial charge < -0.3 is 5.32 Å². The maximum absolute atomic E-state index is 13.5. The van der Waals surface area contributed by atoms with Crippen molar-refractivity contribution in [3.05, 3.63) is 93.3 Å². The average molecular weight is 577 g/mol. The van der Waals surface area contributed by atoms with Gasteiger partial charge in [0, 0.05) is 29.2 Å². The molecule has 0 atom stereocenters. The number of nitrogens with one attached hydrogen (secondary N) is 2. The number of fused-ring (bicyclic) bond motifs is 1. The van der Waals surface area contributed by atoms with Crippen molar-refractivity contribution in [3.8, 4) is 5.82 Å². The van der Waals surface area contributed by atoms with Crippen LogP contribution in [0, 0.1) is 0 Å². The van der Waals surface area contributed by atoms with Crippen LogP contribution in [0.1, 0.15) is 26.5 Å². The summed E-state index contributed by atoms with van der Waals surface area (Å²) in [6, 6.07) is 11.8. The van der Waals surface area contributed by atoms with Gasteiger partial charge in [0.1, 0.15) is 5.69 Å². The molecule has 192 valence electrons. The zero-order valence-corrected chi connectivity index (χ0v) is 21.1. The van der Waals surface area contributed by atoms with E-state index in [0.29, 0.717) is 26.7 Å². The molecule has 0 bridgehead atoms. The summed E-state index contributed by atoms with van der Waals surface area (Å²) in [6.07, 6.45) is -2.07. The second-order valence-electron chi connectivity index (χ2n) is 7.71. The van der Waals surface area contributed by atoms with Crippen LogP contribution in [0.15, 0.2) is 66.3 Å². The van der Waals surface area contributed by atoms with Crippen molar-refractivity contribution < 1.29 is 22.8 Å². The molecule has 2 N–H and O–H groups in total. The van der Waals surface area contributed by atoms with Gasteiger partial charge in [-0.25, -0.2) is 14.6 Å². The molecule has 0 unspecified atom stereocenters. The number of amides is 2. The quantitative estimate of drug-likeness (QED) is 0.242. The van der Waals surface area contributed by atoms with Gasteiger partial charge in [-0.05, 0) is 23.6 Å². The molecule has 8 nitrogen and oxygen atoms in total. The van der Waals surface area contributed by atoms with E-state index in [-0.39, 0.29) is 27.1 Å². The Morgan fingerprint density at radius 1 is 0.947 bits per heavy atom. The highest BCUT2D eigenvalue weighted by Gasteiger charge is 2.37. The van der Waals surface area contributed by atoms with Crippen molar-refractivity contribution in [1.29, 1.82) is 0 Å². The van der Waals surface area contributed by atoms with Gasteiger partial charge in [-0.3, -0.25) is 14.9 Å². The van der Waals surface area contributed by atoms with Gasteiger partial charge in [0.25, 0.3) is 11.8 Å². The zero-order valence-electron chi connectivity index (χ0n) is 18.8. The standard InChI is InChI=1S/C24H13Cl2F3N6O2S/c25-15-6-3-7-30-20(15)35-16(11-17(34-35)24(27,28)29)22(37)32-19-14(21(36)33-23-31-8-9-38-23)10-12-4-1-2-5-13(12)18(19)26/h1-11H,(H,32,37)(H,31,33,36). The number of aromatic nitrogens is 4. The molecular formula is C24H13Cl2F3N6O2S. The first-order chi connectivity index (χ1) is 18.1. The third-order valence-corrected chi connectivity index (χ3v) is 6.67. The predicted molar refractivity (Wildman–Crippen MR) is 138 cm³/mol. The number of pyridine rings is 1. The second kappa shape index (κ2) is 10.0. The summed E-state index contributed by atoms with van der Waals surface area (Å²) in [6.45, 7) is 0. The molecule has 3 aromatic heterocycles. The van der Waals surface area contributed by atoms with Crippen LogP contribution in [0.5, 0.6) is 0 Å². The molecule has 0 saturated carbocycles. The summed E-state index contributed by atoms with van der Waals surface area (Å²) in [5, 5.41) is 11.7. The lowest BCUT2D eigenvalue weighted by Crippen LogP contribution is -2.21. The number of alkyl halides is 3. The molecule has 5 aromatic rings. The maximum Gasteiger partial charge on any atom is 0.435 e. The molecule has 0 aliphatic rings. The predicted octanol–water partition coefficient (Wildman–Crippen LogP) is 6.71. The van der Waals surface area contributed by atoms with Crippen LogP contribution in [0.2, 0.25) is 10.0 Å². The van der Waals surface area contributed by atoms with Crippen LogP contribution in [0.3, 0.4) is 0 Å². The Kier molecular flexibility index (Phi) is 6.78. The van der Waals surface area contributed by atoms with Crippen LogP contribution < -0.4 is 10.6 Å². The summed E-state index contributed by atoms with van der Waals surface area (Å²) >= 11 is 13.9. The lowest BCUT2D eigenvalue weighted by molar-refractivity contribution is -0.141. The molecule has 38 heavy (non-hydrogen) atoms. The Morgan fingerprint density at radius 3 is 2.45 bits per heavy atom. The van der Waals surface area contributed by atoms with E-state index in [1.165, 1.54) is 41.9 Å². The van der Waals surface area contributed by atoms with E-state index >= 15 is 0 Å². The molecule has 0 spiro atoms. The molecule has 0 saturated heterocycles. The number of nitrogens with zero attached hydrogens (tertiary/aromatic N) is 4. The molecule has 14 heteroatoms. The Labute approximate surface area is 226 Å². The normalized spacial score (nSPS) is 11.5. The third kappa shape index (κ3) is 4.93. The van der Waals surface area contributed by atoms with E-state index in [4.69, 9.17) is 23.2 Å². The lowest BCUT2D eigenvalue weighted by Gasteiger charge is -2.15. The number of hydrogen-bond donors (Lipinski definition) is 2. The maximum atomic E-state index is 13.5. The minimum Gasteiger partial charge on any atom is -0.319 e. The van der Waals surface area contributed by atoms with Gasteiger partial charge >= 0.3 is 6.18 Å². The van der Waals surface area contributed by atoms with Gasteiger partial charge in [-0.2, -0.15) is 18.3 Å². The second-order valence-corrected chi connectivity index (χ2v) is 9.39. The first-order valence-electron chi connectivity index (χ1n) is 10.6. The molecule has 3 heterocycles. The monoisotopic (exact) mass is 576 g/mol. The van der Waals surface area contributed by atoms with Crippen molar-refractivity contribution in [2.75, 3.05) is 10.6 Å². The summed E-state index contributed by atoms with van der Waals surface area (Å²) in [4.78, 5) is 34.6. The average Bonchev–Trinajstić information content (AvgIpc) is 3.56. The van der Waals surface area contributed by atoms with Crippen LogP contribution in [0.25, 0.3) is 16.6 Å². The fourth-order valence-corrected chi connectivity index (χ4v) is 4.65. The zero-order chi connectivity index (χ0) is 27.0.